The molecule has 1 aromatic rings. The fourth-order valence-corrected chi connectivity index (χ4v) is 3.91. The minimum atomic E-state index is -4.06. The number of halogens is 1. The summed E-state index contributed by atoms with van der Waals surface area (Å²) in [5, 5.41) is 20.0. The minimum absolute atomic E-state index is 0.0573. The molecule has 0 bridgehead atoms. The van der Waals surface area contributed by atoms with Crippen LogP contribution in [0.25, 0.3) is 0 Å². The van der Waals surface area contributed by atoms with E-state index in [-0.39, 0.29) is 18.9 Å². The molecule has 1 unspecified atom stereocenters. The van der Waals surface area contributed by atoms with Gasteiger partial charge < -0.3 is 5.11 Å². The number of hydrogen-bond donors (Lipinski definition) is 2. The lowest BCUT2D eigenvalue weighted by Crippen LogP contribution is -2.39. The second-order valence-electron chi connectivity index (χ2n) is 4.85. The standard InChI is InChI=1S/C12H17BrN2O5S/c1-8(2)10(5-6-16)14-21(19,20)12-7-9(13)3-4-11(12)15(17)18/h3-4,7-8,10,14,16H,5-6H2,1-2H3. The van der Waals surface area contributed by atoms with Crippen LogP contribution in [0.4, 0.5) is 5.69 Å². The molecule has 1 rings (SSSR count). The van der Waals surface area contributed by atoms with Crippen LogP contribution < -0.4 is 4.72 Å². The number of nitro benzene ring substituents is 1. The topological polar surface area (TPSA) is 110 Å². The van der Waals surface area contributed by atoms with Gasteiger partial charge in [-0.2, -0.15) is 0 Å². The van der Waals surface area contributed by atoms with Crippen molar-refractivity contribution >= 4 is 31.6 Å². The van der Waals surface area contributed by atoms with Gasteiger partial charge in [0.1, 0.15) is 0 Å². The highest BCUT2D eigenvalue weighted by Crippen LogP contribution is 2.27. The molecule has 21 heavy (non-hydrogen) atoms. The highest BCUT2D eigenvalue weighted by atomic mass is 79.9. The van der Waals surface area contributed by atoms with Crippen molar-refractivity contribution in [2.24, 2.45) is 5.92 Å². The molecule has 0 spiro atoms. The van der Waals surface area contributed by atoms with Crippen molar-refractivity contribution in [2.75, 3.05) is 6.61 Å². The zero-order chi connectivity index (χ0) is 16.2. The van der Waals surface area contributed by atoms with Crippen LogP contribution in [-0.4, -0.2) is 31.1 Å². The highest BCUT2D eigenvalue weighted by molar-refractivity contribution is 9.10. The largest absolute Gasteiger partial charge is 0.396 e. The number of nitrogens with one attached hydrogen (secondary N) is 1. The Hall–Kier alpha value is -1.03. The quantitative estimate of drug-likeness (QED) is 0.555. The Balaban J connectivity index is 3.24. The van der Waals surface area contributed by atoms with Crippen LogP contribution in [0.5, 0.6) is 0 Å². The lowest BCUT2D eigenvalue weighted by atomic mass is 10.0. The van der Waals surface area contributed by atoms with E-state index in [0.29, 0.717) is 4.47 Å². The summed E-state index contributed by atoms with van der Waals surface area (Å²) in [5.74, 6) is -0.0573. The number of sulfonamides is 1. The predicted molar refractivity (Wildman–Crippen MR) is 81.4 cm³/mol. The summed E-state index contributed by atoms with van der Waals surface area (Å²) in [6, 6.07) is 3.23. The molecule has 0 saturated heterocycles. The van der Waals surface area contributed by atoms with Crippen LogP contribution >= 0.6 is 15.9 Å². The Morgan fingerprint density at radius 1 is 1.43 bits per heavy atom. The van der Waals surface area contributed by atoms with Crippen LogP contribution in [0, 0.1) is 16.0 Å². The Kier molecular flexibility index (Phi) is 6.26. The molecule has 0 aliphatic rings. The van der Waals surface area contributed by atoms with E-state index in [9.17, 15) is 18.5 Å². The van der Waals surface area contributed by atoms with E-state index in [0.717, 1.165) is 6.07 Å². The highest BCUT2D eigenvalue weighted by Gasteiger charge is 2.29. The zero-order valence-corrected chi connectivity index (χ0v) is 14.0. The third-order valence-corrected chi connectivity index (χ3v) is 4.97. The summed E-state index contributed by atoms with van der Waals surface area (Å²) in [6.45, 7) is 3.43. The average molecular weight is 381 g/mol. The number of nitro groups is 1. The van der Waals surface area contributed by atoms with Gasteiger partial charge in [0, 0.05) is 23.2 Å². The molecule has 2 N–H and O–H groups in total. The molecular weight excluding hydrogens is 364 g/mol. The maximum atomic E-state index is 12.4. The maximum Gasteiger partial charge on any atom is 0.289 e. The fourth-order valence-electron chi connectivity index (χ4n) is 1.78. The summed E-state index contributed by atoms with van der Waals surface area (Å²) < 4.78 is 27.6. The molecule has 118 valence electrons. The first kappa shape index (κ1) is 18.0. The van der Waals surface area contributed by atoms with Gasteiger partial charge in [-0.3, -0.25) is 10.1 Å². The zero-order valence-electron chi connectivity index (χ0n) is 11.6. The number of hydrogen-bond acceptors (Lipinski definition) is 5. The first-order valence-corrected chi connectivity index (χ1v) is 8.53. The van der Waals surface area contributed by atoms with Gasteiger partial charge in [0.2, 0.25) is 10.0 Å². The van der Waals surface area contributed by atoms with Crippen LogP contribution in [0.3, 0.4) is 0 Å². The number of aliphatic hydroxyl groups excluding tert-OH is 1. The van der Waals surface area contributed by atoms with E-state index in [1.54, 1.807) is 13.8 Å². The van der Waals surface area contributed by atoms with E-state index < -0.39 is 31.6 Å². The molecule has 0 amide bonds. The minimum Gasteiger partial charge on any atom is -0.396 e. The SMILES string of the molecule is CC(C)C(CCO)NS(=O)(=O)c1cc(Br)ccc1[N+](=O)[O-]. The normalized spacial score (nSPS) is 13.4. The molecule has 0 saturated carbocycles. The van der Waals surface area contributed by atoms with Crippen molar-refractivity contribution in [1.29, 1.82) is 0 Å². The molecule has 0 aliphatic carbocycles. The molecule has 0 fully saturated rings. The van der Waals surface area contributed by atoms with E-state index >= 15 is 0 Å². The molecule has 0 aliphatic heterocycles. The Labute approximate surface area is 131 Å². The number of rotatable bonds is 7. The summed E-state index contributed by atoms with van der Waals surface area (Å²) in [7, 11) is -4.06. The van der Waals surface area contributed by atoms with Crippen LogP contribution in [-0.2, 0) is 10.0 Å². The molecule has 7 nitrogen and oxygen atoms in total. The fraction of sp³-hybridized carbons (Fsp3) is 0.500. The smallest absolute Gasteiger partial charge is 0.289 e. The van der Waals surface area contributed by atoms with Gasteiger partial charge in [-0.15, -0.1) is 0 Å². The van der Waals surface area contributed by atoms with Gasteiger partial charge in [-0.25, -0.2) is 13.1 Å². The molecule has 0 radical (unpaired) electrons. The van der Waals surface area contributed by atoms with E-state index in [1.165, 1.54) is 12.1 Å². The van der Waals surface area contributed by atoms with Crippen molar-refractivity contribution in [3.05, 3.63) is 32.8 Å². The van der Waals surface area contributed by atoms with Crippen molar-refractivity contribution in [2.45, 2.75) is 31.2 Å². The molecule has 1 atom stereocenters. The van der Waals surface area contributed by atoms with Crippen molar-refractivity contribution in [3.63, 3.8) is 0 Å². The summed E-state index contributed by atoms with van der Waals surface area (Å²) in [6.07, 6.45) is 0.235. The number of aliphatic hydroxyl groups is 1. The van der Waals surface area contributed by atoms with Gasteiger partial charge in [0.05, 0.1) is 4.92 Å². The van der Waals surface area contributed by atoms with Gasteiger partial charge >= 0.3 is 0 Å². The maximum absolute atomic E-state index is 12.4. The van der Waals surface area contributed by atoms with Crippen LogP contribution in [0.1, 0.15) is 20.3 Å². The second-order valence-corrected chi connectivity index (χ2v) is 7.45. The first-order valence-electron chi connectivity index (χ1n) is 6.26. The summed E-state index contributed by atoms with van der Waals surface area (Å²) in [5.41, 5.74) is -0.489. The summed E-state index contributed by atoms with van der Waals surface area (Å²) in [4.78, 5) is 9.85. The van der Waals surface area contributed by atoms with Gasteiger partial charge in [-0.05, 0) is 24.5 Å². The van der Waals surface area contributed by atoms with Gasteiger partial charge in [-0.1, -0.05) is 29.8 Å². The monoisotopic (exact) mass is 380 g/mol. The molecule has 0 heterocycles. The third kappa shape index (κ3) is 4.73. The second kappa shape index (κ2) is 7.30. The van der Waals surface area contributed by atoms with Crippen LogP contribution in [0.2, 0.25) is 0 Å². The molecular formula is C12H17BrN2O5S. The lowest BCUT2D eigenvalue weighted by Gasteiger charge is -2.21. The summed E-state index contributed by atoms with van der Waals surface area (Å²) >= 11 is 3.11. The average Bonchev–Trinajstić information content (AvgIpc) is 2.37. The third-order valence-electron chi connectivity index (χ3n) is 2.96. The van der Waals surface area contributed by atoms with E-state index in [4.69, 9.17) is 5.11 Å². The first-order chi connectivity index (χ1) is 9.69. The van der Waals surface area contributed by atoms with Crippen molar-refractivity contribution in [1.82, 2.24) is 4.72 Å². The van der Waals surface area contributed by atoms with Crippen molar-refractivity contribution in [3.8, 4) is 0 Å². The molecule has 1 aromatic carbocycles. The Bertz CT molecular complexity index is 618. The van der Waals surface area contributed by atoms with Gasteiger partial charge in [0.25, 0.3) is 5.69 Å². The van der Waals surface area contributed by atoms with Gasteiger partial charge in [0.15, 0.2) is 4.90 Å². The number of nitrogens with zero attached hydrogens (tertiary/aromatic N) is 1. The molecule has 9 heteroatoms. The van der Waals surface area contributed by atoms with Crippen LogP contribution in [0.15, 0.2) is 27.6 Å². The Morgan fingerprint density at radius 2 is 2.05 bits per heavy atom. The Morgan fingerprint density at radius 3 is 2.52 bits per heavy atom. The lowest BCUT2D eigenvalue weighted by molar-refractivity contribution is -0.387. The van der Waals surface area contributed by atoms with E-state index in [1.807, 2.05) is 0 Å². The van der Waals surface area contributed by atoms with E-state index in [2.05, 4.69) is 20.7 Å². The molecule has 0 aromatic heterocycles. The predicted octanol–water partition coefficient (Wildman–Crippen LogP) is 2.04. The number of benzene rings is 1. The van der Waals surface area contributed by atoms with Crippen molar-refractivity contribution < 1.29 is 18.4 Å².